The molecular weight excluding hydrogens is 426 g/mol. The minimum Gasteiger partial charge on any atom is -0.369 e. The van der Waals surface area contributed by atoms with Crippen LogP contribution in [0.4, 0.5) is 22.0 Å². The average Bonchev–Trinajstić information content (AvgIpc) is 3.29. The number of hydrogen-bond donors (Lipinski definition) is 2. The molecule has 0 unspecified atom stereocenters. The van der Waals surface area contributed by atoms with Crippen molar-refractivity contribution in [1.29, 1.82) is 0 Å². The van der Waals surface area contributed by atoms with E-state index in [2.05, 4.69) is 58.3 Å². The zero-order valence-electron chi connectivity index (χ0n) is 21.3. The van der Waals surface area contributed by atoms with Gasteiger partial charge in [0, 0.05) is 70.0 Å². The molecule has 4 heterocycles. The average molecular weight is 466 g/mol. The molecule has 0 radical (unpaired) electrons. The van der Waals surface area contributed by atoms with Crippen LogP contribution >= 0.6 is 0 Å². The van der Waals surface area contributed by atoms with Crippen molar-refractivity contribution in [3.8, 4) is 12.8 Å². The maximum absolute atomic E-state index is 13.1. The van der Waals surface area contributed by atoms with Gasteiger partial charge in [-0.1, -0.05) is 20.3 Å². The summed E-state index contributed by atoms with van der Waals surface area (Å²) in [7, 11) is 1.94. The summed E-state index contributed by atoms with van der Waals surface area (Å²) in [6.07, 6.45) is 13.8. The van der Waals surface area contributed by atoms with Crippen molar-refractivity contribution in [2.24, 2.45) is 12.0 Å². The molecule has 0 aromatic carbocycles. The monoisotopic (exact) mass is 465 g/mol. The first-order valence-electron chi connectivity index (χ1n) is 12.0. The fourth-order valence-electron chi connectivity index (χ4n) is 4.04. The van der Waals surface area contributed by atoms with Gasteiger partial charge in [-0.25, -0.2) is 9.78 Å². The van der Waals surface area contributed by atoms with Gasteiger partial charge >= 0.3 is 6.03 Å². The molecule has 8 heteroatoms. The number of aromatic nitrogens is 2. The topological polar surface area (TPSA) is 77.8 Å². The highest BCUT2D eigenvalue weighted by Crippen LogP contribution is 2.34. The molecule has 2 aromatic heterocycles. The van der Waals surface area contributed by atoms with Crippen molar-refractivity contribution >= 4 is 23.2 Å². The number of amides is 2. The molecule has 8 nitrogen and oxygen atoms in total. The number of carbonyl (C=O) groups excluding carboxylic acids is 1. The van der Waals surface area contributed by atoms with E-state index in [1.165, 1.54) is 17.7 Å². The molecule has 0 bridgehead atoms. The van der Waals surface area contributed by atoms with Crippen LogP contribution in [0.2, 0.25) is 0 Å². The fourth-order valence-corrected chi connectivity index (χ4v) is 4.04. The number of carbonyl (C=O) groups is 1. The van der Waals surface area contributed by atoms with E-state index in [1.807, 2.05) is 43.9 Å². The number of piperazine rings is 1. The first-order valence-corrected chi connectivity index (χ1v) is 12.0. The second-order valence-electron chi connectivity index (χ2n) is 8.22. The van der Waals surface area contributed by atoms with Gasteiger partial charge in [0.15, 0.2) is 0 Å². The maximum Gasteiger partial charge on any atom is 0.327 e. The Balaban J connectivity index is 0.000000758. The van der Waals surface area contributed by atoms with Gasteiger partial charge in [-0.05, 0) is 38.0 Å². The molecule has 0 saturated carbocycles. The lowest BCUT2D eigenvalue weighted by Gasteiger charge is -2.31. The number of pyridine rings is 2. The highest BCUT2D eigenvalue weighted by atomic mass is 16.2. The van der Waals surface area contributed by atoms with E-state index in [0.717, 1.165) is 61.7 Å². The Morgan fingerprint density at radius 1 is 1.21 bits per heavy atom. The molecule has 2 aliphatic heterocycles. The fraction of sp³-hybridized carbons (Fsp3) is 0.500. The zero-order chi connectivity index (χ0) is 25.1. The molecule has 4 rings (SSSR count). The third-order valence-corrected chi connectivity index (χ3v) is 5.57. The minimum atomic E-state index is -0.142. The molecule has 0 aliphatic carbocycles. The number of anilines is 3. The van der Waals surface area contributed by atoms with Crippen LogP contribution in [0.1, 0.15) is 38.3 Å². The number of urea groups is 1. The maximum atomic E-state index is 13.1. The number of nitrogens with zero attached hydrogens (tertiary/aromatic N) is 5. The van der Waals surface area contributed by atoms with Crippen molar-refractivity contribution in [3.63, 3.8) is 0 Å². The minimum absolute atomic E-state index is 0.142. The predicted octanol–water partition coefficient (Wildman–Crippen LogP) is 3.32. The Morgan fingerprint density at radius 3 is 2.53 bits per heavy atom. The van der Waals surface area contributed by atoms with Crippen LogP contribution in [0.5, 0.6) is 0 Å². The largest absolute Gasteiger partial charge is 0.369 e. The van der Waals surface area contributed by atoms with Gasteiger partial charge in [0.05, 0.1) is 5.69 Å². The Bertz CT molecular complexity index is 1040. The Morgan fingerprint density at radius 2 is 1.88 bits per heavy atom. The smallest absolute Gasteiger partial charge is 0.327 e. The van der Waals surface area contributed by atoms with Gasteiger partial charge in [0.25, 0.3) is 0 Å². The van der Waals surface area contributed by atoms with E-state index < -0.39 is 0 Å². The van der Waals surface area contributed by atoms with E-state index in [-0.39, 0.29) is 6.03 Å². The molecular formula is C26H39N7O. The van der Waals surface area contributed by atoms with Crippen LogP contribution in [0.25, 0.3) is 0 Å². The van der Waals surface area contributed by atoms with Gasteiger partial charge in [0.1, 0.15) is 11.3 Å². The van der Waals surface area contributed by atoms with Crippen LogP contribution in [-0.2, 0) is 13.5 Å². The van der Waals surface area contributed by atoms with Crippen molar-refractivity contribution < 1.29 is 4.79 Å². The van der Waals surface area contributed by atoms with E-state index in [9.17, 15) is 4.79 Å². The summed E-state index contributed by atoms with van der Waals surface area (Å²) in [5.41, 5.74) is 5.06. The third kappa shape index (κ3) is 6.39. The highest BCUT2D eigenvalue weighted by Gasteiger charge is 2.30. The number of terminal acetylenes is 1. The Labute approximate surface area is 204 Å². The molecule has 2 aliphatic rings. The second-order valence-corrected chi connectivity index (χ2v) is 8.22. The molecule has 0 atom stereocenters. The molecule has 184 valence electrons. The number of aryl methyl sites for hydroxylation is 2. The van der Waals surface area contributed by atoms with Crippen LogP contribution in [0, 0.1) is 19.8 Å². The molecule has 2 N–H and O–H groups in total. The van der Waals surface area contributed by atoms with Gasteiger partial charge in [-0.15, -0.1) is 12.8 Å². The van der Waals surface area contributed by atoms with Crippen molar-refractivity contribution in [2.75, 3.05) is 54.4 Å². The molecule has 1 saturated heterocycles. The van der Waals surface area contributed by atoms with E-state index >= 15 is 0 Å². The summed E-state index contributed by atoms with van der Waals surface area (Å²) in [4.78, 5) is 26.2. The van der Waals surface area contributed by atoms with Crippen molar-refractivity contribution in [3.05, 3.63) is 41.1 Å². The molecule has 34 heavy (non-hydrogen) atoms. The summed E-state index contributed by atoms with van der Waals surface area (Å²) in [6, 6.07) is 3.93. The van der Waals surface area contributed by atoms with Crippen LogP contribution in [-0.4, -0.2) is 54.9 Å². The first-order chi connectivity index (χ1) is 16.5. The molecule has 2 aromatic rings. The van der Waals surface area contributed by atoms with E-state index in [4.69, 9.17) is 0 Å². The number of fused-ring (bicyclic) bond motifs is 1. The van der Waals surface area contributed by atoms with Gasteiger partial charge in [0.2, 0.25) is 0 Å². The van der Waals surface area contributed by atoms with Gasteiger partial charge in [-0.2, -0.15) is 0 Å². The highest BCUT2D eigenvalue weighted by molar-refractivity contribution is 6.03. The zero-order valence-corrected chi connectivity index (χ0v) is 21.3. The lowest BCUT2D eigenvalue weighted by molar-refractivity contribution is 0.257. The Hall–Kier alpha value is -3.31. The summed E-state index contributed by atoms with van der Waals surface area (Å²) in [5.74, 6) is 0.776. The standard InChI is InChI=1S/C21H29N7O.C3H8.C2H2/c1-4-23-19-13-15(2)17(14-26(19)3)25-21(29)28-10-6-16-18(5-7-24-20(16)28)27-11-8-22-9-12-27;1-3-2;1-2/h5,7,13-14,22H,4,6,8-12H2,1-3H3,(H,25,29);3H2,1-2H3;1-2H. The second kappa shape index (κ2) is 13.4. The molecule has 1 fully saturated rings. The van der Waals surface area contributed by atoms with Crippen LogP contribution in [0.15, 0.2) is 29.5 Å². The quantitative estimate of drug-likeness (QED) is 0.682. The number of rotatable bonds is 3. The number of nitrogens with one attached hydrogen (secondary N) is 2. The lowest BCUT2D eigenvalue weighted by atomic mass is 10.1. The van der Waals surface area contributed by atoms with Crippen LogP contribution in [0.3, 0.4) is 0 Å². The summed E-state index contributed by atoms with van der Waals surface area (Å²) in [5, 5.41) is 6.45. The SMILES string of the molecule is C#C.CCC.CCN=c1cc(C)c(NC(=O)N2CCc3c(N4CCNCC4)ccnc32)cn1C. The van der Waals surface area contributed by atoms with E-state index in [1.54, 1.807) is 4.90 Å². The van der Waals surface area contributed by atoms with Gasteiger partial charge < -0.3 is 20.1 Å². The first kappa shape index (κ1) is 26.9. The summed E-state index contributed by atoms with van der Waals surface area (Å²) < 4.78 is 1.94. The molecule has 0 spiro atoms. The predicted molar refractivity (Wildman–Crippen MR) is 141 cm³/mol. The summed E-state index contributed by atoms with van der Waals surface area (Å²) >= 11 is 0. The van der Waals surface area contributed by atoms with E-state index in [0.29, 0.717) is 6.54 Å². The van der Waals surface area contributed by atoms with Gasteiger partial charge in [-0.3, -0.25) is 9.89 Å². The lowest BCUT2D eigenvalue weighted by Crippen LogP contribution is -2.43. The number of hydrogen-bond acceptors (Lipinski definition) is 5. The normalized spacial score (nSPS) is 15.0. The van der Waals surface area contributed by atoms with Crippen molar-refractivity contribution in [1.82, 2.24) is 14.9 Å². The molecule has 2 amide bonds. The Kier molecular flexibility index (Phi) is 10.6. The van der Waals surface area contributed by atoms with Crippen LogP contribution < -0.4 is 25.9 Å². The van der Waals surface area contributed by atoms with Crippen molar-refractivity contribution in [2.45, 2.75) is 40.5 Å². The summed E-state index contributed by atoms with van der Waals surface area (Å²) in [6.45, 7) is 13.5. The third-order valence-electron chi connectivity index (χ3n) is 5.57.